The zero-order chi connectivity index (χ0) is 41.2. The lowest BCUT2D eigenvalue weighted by Crippen LogP contribution is -2.63. The fraction of sp³-hybridized carbons (Fsp3) is 0.385. The van der Waals surface area contributed by atoms with Crippen LogP contribution in [0.5, 0.6) is 11.5 Å². The van der Waals surface area contributed by atoms with Crippen molar-refractivity contribution >= 4 is 52.7 Å². The van der Waals surface area contributed by atoms with Gasteiger partial charge in [-0.05, 0) is 48.5 Å². The van der Waals surface area contributed by atoms with Gasteiger partial charge in [-0.2, -0.15) is 0 Å². The summed E-state index contributed by atoms with van der Waals surface area (Å²) < 4.78 is 39.7. The van der Waals surface area contributed by atoms with E-state index in [1.54, 1.807) is 30.3 Å². The lowest BCUT2D eigenvalue weighted by molar-refractivity contribution is -0.288. The van der Waals surface area contributed by atoms with Crippen molar-refractivity contribution in [3.05, 3.63) is 77.9 Å². The molecule has 2 fully saturated rings. The predicted molar refractivity (Wildman–Crippen MR) is 203 cm³/mol. The first-order valence-corrected chi connectivity index (χ1v) is 17.9. The van der Waals surface area contributed by atoms with E-state index >= 15 is 0 Å². The smallest absolute Gasteiger partial charge is 0.303 e. The molecule has 2 aliphatic rings. The van der Waals surface area contributed by atoms with E-state index < -0.39 is 73.1 Å². The molecule has 57 heavy (non-hydrogen) atoms. The summed E-state index contributed by atoms with van der Waals surface area (Å²) >= 11 is 0. The normalized spacial score (nSPS) is 20.9. The van der Waals surface area contributed by atoms with Crippen LogP contribution in [0.4, 0.5) is 17.1 Å². The maximum Gasteiger partial charge on any atom is 0.303 e. The second-order valence-electron chi connectivity index (χ2n) is 13.1. The molecule has 6 unspecified atom stereocenters. The van der Waals surface area contributed by atoms with Crippen LogP contribution < -0.4 is 26.0 Å². The molecule has 6 atom stereocenters. The number of para-hydroxylation sites is 1. The van der Waals surface area contributed by atoms with Crippen LogP contribution in [0.25, 0.3) is 0 Å². The molecule has 0 saturated carbocycles. The van der Waals surface area contributed by atoms with Crippen molar-refractivity contribution < 1.29 is 62.2 Å². The molecule has 5 rings (SSSR count). The molecule has 0 bridgehead atoms. The van der Waals surface area contributed by atoms with E-state index in [0.29, 0.717) is 18.9 Å². The second kappa shape index (κ2) is 19.0. The summed E-state index contributed by atoms with van der Waals surface area (Å²) in [6.45, 7) is 6.61. The molecule has 0 aliphatic carbocycles. The van der Waals surface area contributed by atoms with Crippen molar-refractivity contribution in [1.82, 2.24) is 0 Å². The van der Waals surface area contributed by atoms with E-state index in [1.807, 2.05) is 12.1 Å². The number of amides is 1. The van der Waals surface area contributed by atoms with Gasteiger partial charge in [0.15, 0.2) is 12.2 Å². The van der Waals surface area contributed by atoms with Gasteiger partial charge in [-0.15, -0.1) is 0 Å². The van der Waals surface area contributed by atoms with Gasteiger partial charge in [0.25, 0.3) is 5.91 Å². The number of phenols is 1. The number of carbonyl (C=O) groups excluding carboxylic acids is 5. The van der Waals surface area contributed by atoms with Gasteiger partial charge in [-0.25, -0.2) is 0 Å². The lowest BCUT2D eigenvalue weighted by atomic mass is 9.97. The number of hydrogen-bond donors (Lipinski definition) is 5. The molecule has 0 aromatic heterocycles. The van der Waals surface area contributed by atoms with Crippen molar-refractivity contribution in [2.45, 2.75) is 64.4 Å². The number of morpholine rings is 1. The van der Waals surface area contributed by atoms with Crippen LogP contribution in [0.2, 0.25) is 0 Å². The van der Waals surface area contributed by atoms with Gasteiger partial charge in [-0.1, -0.05) is 18.2 Å². The van der Waals surface area contributed by atoms with Gasteiger partial charge >= 0.3 is 23.9 Å². The van der Waals surface area contributed by atoms with Crippen molar-refractivity contribution in [3.8, 4) is 11.5 Å². The van der Waals surface area contributed by atoms with Crippen molar-refractivity contribution in [1.29, 1.82) is 5.41 Å². The summed E-state index contributed by atoms with van der Waals surface area (Å²) in [5.74, 6) is -4.31. The van der Waals surface area contributed by atoms with E-state index in [0.717, 1.165) is 46.5 Å². The van der Waals surface area contributed by atoms with Crippen LogP contribution in [0.1, 0.15) is 44.9 Å². The number of hydrogen-bond acceptors (Lipinski definition) is 16. The number of phenolic OH excluding ortho intramolecular Hbond substituents is 1. The Morgan fingerprint density at radius 1 is 0.860 bits per heavy atom. The molecular formula is C39H45N5O13. The van der Waals surface area contributed by atoms with Gasteiger partial charge in [0.05, 0.1) is 18.9 Å². The van der Waals surface area contributed by atoms with Gasteiger partial charge in [-0.3, -0.25) is 29.4 Å². The molecule has 1 amide bonds. The second-order valence-corrected chi connectivity index (χ2v) is 13.1. The van der Waals surface area contributed by atoms with E-state index in [-0.39, 0.29) is 34.1 Å². The molecule has 0 spiro atoms. The van der Waals surface area contributed by atoms with Crippen LogP contribution in [0.3, 0.4) is 0 Å². The number of esters is 4. The summed E-state index contributed by atoms with van der Waals surface area (Å²) in [7, 11) is 0. The molecule has 0 radical (unpaired) electrons. The number of aromatic hydroxyl groups is 1. The molecule has 6 N–H and O–H groups in total. The quantitative estimate of drug-likeness (QED) is 0.0518. The lowest BCUT2D eigenvalue weighted by Gasteiger charge is -2.44. The number of nitrogen functional groups attached to an aromatic ring is 1. The highest BCUT2D eigenvalue weighted by molar-refractivity contribution is 5.99. The molecular weight excluding hydrogens is 746 g/mol. The third-order valence-corrected chi connectivity index (χ3v) is 8.80. The Balaban J connectivity index is 1.54. The highest BCUT2D eigenvalue weighted by Gasteiger charge is 2.53. The van der Waals surface area contributed by atoms with Crippen LogP contribution in [0.15, 0.2) is 66.7 Å². The number of nitrogens with zero attached hydrogens (tertiary/aromatic N) is 1. The van der Waals surface area contributed by atoms with Crippen molar-refractivity contribution in [3.63, 3.8) is 0 Å². The minimum absolute atomic E-state index is 0.00377. The maximum absolute atomic E-state index is 14.3. The van der Waals surface area contributed by atoms with Gasteiger partial charge in [0, 0.05) is 63.3 Å². The zero-order valence-corrected chi connectivity index (χ0v) is 31.7. The number of anilines is 3. The minimum Gasteiger partial charge on any atom is -0.506 e. The molecule has 18 nitrogen and oxygen atoms in total. The number of benzene rings is 3. The van der Waals surface area contributed by atoms with E-state index in [9.17, 15) is 29.1 Å². The van der Waals surface area contributed by atoms with Gasteiger partial charge in [0.1, 0.15) is 36.1 Å². The van der Waals surface area contributed by atoms with Crippen LogP contribution in [-0.2, 0) is 52.4 Å². The Morgan fingerprint density at radius 3 is 2.12 bits per heavy atom. The Morgan fingerprint density at radius 2 is 1.49 bits per heavy atom. The topological polar surface area (TPSA) is 247 Å². The number of ether oxygens (including phenoxy) is 7. The highest BCUT2D eigenvalue weighted by Crippen LogP contribution is 2.37. The average Bonchev–Trinajstić information content (AvgIpc) is 3.16. The monoisotopic (exact) mass is 791 g/mol. The van der Waals surface area contributed by atoms with Crippen LogP contribution in [0, 0.1) is 5.41 Å². The van der Waals surface area contributed by atoms with Gasteiger partial charge < -0.3 is 59.5 Å². The fourth-order valence-corrected chi connectivity index (χ4v) is 6.29. The van der Waals surface area contributed by atoms with Crippen LogP contribution in [-0.4, -0.2) is 104 Å². The summed E-state index contributed by atoms with van der Waals surface area (Å²) in [5.41, 5.74) is 7.61. The number of amidine groups is 1. The number of nitrogens with two attached hydrogens (primary N) is 1. The third kappa shape index (κ3) is 11.1. The van der Waals surface area contributed by atoms with E-state index in [1.165, 1.54) is 24.3 Å². The molecule has 2 heterocycles. The molecule has 18 heteroatoms. The molecule has 3 aromatic carbocycles. The Kier molecular flexibility index (Phi) is 13.9. The first-order chi connectivity index (χ1) is 27.2. The highest BCUT2D eigenvalue weighted by atomic mass is 16.7. The first kappa shape index (κ1) is 41.8. The van der Waals surface area contributed by atoms with Gasteiger partial charge in [0.2, 0.25) is 12.4 Å². The Labute approximate surface area is 327 Å². The van der Waals surface area contributed by atoms with Crippen molar-refractivity contribution in [2.24, 2.45) is 5.73 Å². The predicted octanol–water partition coefficient (Wildman–Crippen LogP) is 2.77. The number of carbonyl (C=O) groups is 5. The standard InChI is InChI=1S/C39H45N5O13/c1-21(45)52-20-32-34(53-22(2)46)35(54-23(3)47)36(55-24(4)48)39(57-32)56-31-8-6-5-7-28(31)33(43-29-19-25(37(40)41)9-14-30(29)49)38(50)42-26-10-12-27(13-11-26)44-15-17-51-18-16-44/h5-14,19,32-36,39,43,49H,15-18,20H2,1-4H3,(H3,40,41)(H,42,50). The fourth-order valence-electron chi connectivity index (χ4n) is 6.29. The number of rotatable bonds is 14. The SMILES string of the molecule is CC(=O)OCC1OC(Oc2ccccc2C(Nc2cc(C(=N)N)ccc2O)C(=O)Nc2ccc(N3CCOCC3)cc2)C(OC(C)=O)C(OC(C)=O)C1OC(C)=O. The Bertz CT molecular complexity index is 1950. The maximum atomic E-state index is 14.3. The Hall–Kier alpha value is -6.40. The zero-order valence-electron chi connectivity index (χ0n) is 31.7. The largest absolute Gasteiger partial charge is 0.506 e. The average molecular weight is 792 g/mol. The van der Waals surface area contributed by atoms with Crippen molar-refractivity contribution in [2.75, 3.05) is 48.4 Å². The molecule has 304 valence electrons. The van der Waals surface area contributed by atoms with Crippen LogP contribution >= 0.6 is 0 Å². The van der Waals surface area contributed by atoms with E-state index in [4.69, 9.17) is 44.3 Å². The number of nitrogens with one attached hydrogen (secondary N) is 3. The third-order valence-electron chi connectivity index (χ3n) is 8.80. The first-order valence-electron chi connectivity index (χ1n) is 17.9. The molecule has 2 saturated heterocycles. The molecule has 3 aromatic rings. The summed E-state index contributed by atoms with van der Waals surface area (Å²) in [4.78, 5) is 65.4. The summed E-state index contributed by atoms with van der Waals surface area (Å²) in [6.07, 6.45) is -7.39. The minimum atomic E-state index is -1.61. The van der Waals surface area contributed by atoms with E-state index in [2.05, 4.69) is 15.5 Å². The summed E-state index contributed by atoms with van der Waals surface area (Å²) in [5, 5.41) is 24.7. The summed E-state index contributed by atoms with van der Waals surface area (Å²) in [6, 6.07) is 16.3. The molecule has 2 aliphatic heterocycles.